The third kappa shape index (κ3) is 9.00. The van der Waals surface area contributed by atoms with Crippen molar-refractivity contribution in [1.29, 1.82) is 0 Å². The van der Waals surface area contributed by atoms with Gasteiger partial charge >= 0.3 is 6.03 Å². The Morgan fingerprint density at radius 3 is 2.24 bits per heavy atom. The molecule has 0 radical (unpaired) electrons. The Hall–Kier alpha value is -4.58. The zero-order valence-corrected chi connectivity index (χ0v) is 27.2. The largest absolute Gasteiger partial charge is 0.351 e. The number of para-hydroxylation sites is 1. The van der Waals surface area contributed by atoms with Crippen molar-refractivity contribution in [2.45, 2.75) is 59.2 Å². The van der Waals surface area contributed by atoms with E-state index in [-0.39, 0.29) is 19.0 Å². The molecule has 0 fully saturated rings. The molecule has 4 amide bonds. The number of likely N-dealkylation sites (N-methyl/N-ethyl adjacent to an activating group) is 1. The molecule has 0 saturated carbocycles. The topological polar surface area (TPSA) is 125 Å². The minimum absolute atomic E-state index is 0.164. The minimum atomic E-state index is -0.865. The lowest BCUT2D eigenvalue weighted by atomic mass is 10.0. The van der Waals surface area contributed by atoms with Gasteiger partial charge in [0.1, 0.15) is 6.04 Å². The number of hydrogen-bond acceptors (Lipinski definition) is 7. The number of nitrogens with zero attached hydrogens (tertiary/aromatic N) is 3. The van der Waals surface area contributed by atoms with Gasteiger partial charge in [0.2, 0.25) is 11.8 Å². The first-order valence-corrected chi connectivity index (χ1v) is 15.6. The maximum atomic E-state index is 13.9. The molecule has 0 unspecified atom stereocenters. The Morgan fingerprint density at radius 2 is 1.50 bits per heavy atom. The molecule has 1 aromatic heterocycles. The Kier molecular flexibility index (Phi) is 12.4. The lowest BCUT2D eigenvalue weighted by Gasteiger charge is -2.36. The number of rotatable bonds is 15. The summed E-state index contributed by atoms with van der Waals surface area (Å²) in [5.74, 6) is -0.732. The van der Waals surface area contributed by atoms with E-state index in [0.717, 1.165) is 32.8 Å². The van der Waals surface area contributed by atoms with E-state index in [4.69, 9.17) is 9.47 Å². The third-order valence-corrected chi connectivity index (χ3v) is 7.63. The fourth-order valence-corrected chi connectivity index (χ4v) is 5.39. The van der Waals surface area contributed by atoms with Crippen molar-refractivity contribution in [3.8, 4) is 0 Å². The zero-order valence-electron chi connectivity index (χ0n) is 27.2. The van der Waals surface area contributed by atoms with Gasteiger partial charge in [0.15, 0.2) is 6.29 Å². The van der Waals surface area contributed by atoms with Gasteiger partial charge in [0.25, 0.3) is 0 Å². The van der Waals surface area contributed by atoms with Crippen molar-refractivity contribution in [2.75, 3.05) is 26.8 Å². The van der Waals surface area contributed by atoms with Crippen LogP contribution in [-0.2, 0) is 32.2 Å². The van der Waals surface area contributed by atoms with Crippen LogP contribution in [0.25, 0.3) is 21.7 Å². The predicted octanol–water partition coefficient (Wildman–Crippen LogP) is 4.36. The molecule has 0 aliphatic heterocycles. The summed E-state index contributed by atoms with van der Waals surface area (Å²) < 4.78 is 11.7. The second-order valence-corrected chi connectivity index (χ2v) is 11.1. The van der Waals surface area contributed by atoms with Crippen LogP contribution in [0.4, 0.5) is 4.79 Å². The number of carbonyl (C=O) groups excluding carboxylic acids is 3. The molecule has 0 aliphatic carbocycles. The second-order valence-electron chi connectivity index (χ2n) is 11.1. The molecule has 11 heteroatoms. The summed E-state index contributed by atoms with van der Waals surface area (Å²) in [6, 6.07) is 21.8. The molecule has 4 rings (SSSR count). The monoisotopic (exact) mass is 628 g/mol. The summed E-state index contributed by atoms with van der Waals surface area (Å²) in [4.78, 5) is 45.7. The van der Waals surface area contributed by atoms with Crippen molar-refractivity contribution >= 4 is 39.5 Å². The van der Waals surface area contributed by atoms with E-state index in [2.05, 4.69) is 21.0 Å². The average Bonchev–Trinajstić information content (AvgIpc) is 3.05. The van der Waals surface area contributed by atoms with E-state index in [1.54, 1.807) is 25.1 Å². The normalized spacial score (nSPS) is 12.7. The Balaban J connectivity index is 1.38. The first-order valence-electron chi connectivity index (χ1n) is 15.6. The Morgan fingerprint density at radius 1 is 0.848 bits per heavy atom. The van der Waals surface area contributed by atoms with Crippen molar-refractivity contribution in [3.63, 3.8) is 0 Å². The fraction of sp³-hybridized carbons (Fsp3) is 0.371. The number of benzene rings is 3. The van der Waals surface area contributed by atoms with Crippen LogP contribution in [0.3, 0.4) is 0 Å². The maximum absolute atomic E-state index is 13.9. The van der Waals surface area contributed by atoms with Crippen LogP contribution < -0.4 is 16.1 Å². The number of carbonyl (C=O) groups is 3. The molecule has 3 N–H and O–H groups in total. The van der Waals surface area contributed by atoms with Gasteiger partial charge in [-0.1, -0.05) is 66.7 Å². The van der Waals surface area contributed by atoms with Crippen LogP contribution in [0, 0.1) is 0 Å². The van der Waals surface area contributed by atoms with Crippen molar-refractivity contribution in [1.82, 2.24) is 31.0 Å². The maximum Gasteiger partial charge on any atom is 0.329 e. The standard InChI is InChI=1S/C35H44N6O5/c1-6-45-34(46-7-2)25(4)41(22-29-17-11-15-27-18-12-20-36-32(27)29)33(43)24(3)38-31(42)23-40(5)39-35(44)37-21-28-16-10-14-26-13-8-9-19-30(26)28/h8-20,24-25,34H,6-7,21-23H2,1-5H3,(H,38,42)(H2,37,39,44)/t24-,25-/m0/s1. The highest BCUT2D eigenvalue weighted by atomic mass is 16.7. The molecular weight excluding hydrogens is 584 g/mol. The van der Waals surface area contributed by atoms with Gasteiger partial charge in [-0.05, 0) is 55.7 Å². The summed E-state index contributed by atoms with van der Waals surface area (Å²) in [5, 5.41) is 10.1. The number of ether oxygens (including phenoxy) is 2. The van der Waals surface area contributed by atoms with Crippen molar-refractivity contribution in [2.24, 2.45) is 0 Å². The molecular formula is C35H44N6O5. The zero-order chi connectivity index (χ0) is 33.1. The highest BCUT2D eigenvalue weighted by Crippen LogP contribution is 2.22. The Labute approximate surface area is 270 Å². The van der Waals surface area contributed by atoms with Crippen LogP contribution in [0.5, 0.6) is 0 Å². The van der Waals surface area contributed by atoms with Gasteiger partial charge in [-0.2, -0.15) is 0 Å². The molecule has 0 aliphatic rings. The van der Waals surface area contributed by atoms with Crippen LogP contribution in [0.2, 0.25) is 0 Å². The fourth-order valence-electron chi connectivity index (χ4n) is 5.39. The van der Waals surface area contributed by atoms with Crippen LogP contribution in [0.15, 0.2) is 79.0 Å². The molecule has 3 aromatic carbocycles. The average molecular weight is 629 g/mol. The smallest absolute Gasteiger partial charge is 0.329 e. The minimum Gasteiger partial charge on any atom is -0.351 e. The summed E-state index contributed by atoms with van der Waals surface area (Å²) in [5.41, 5.74) is 5.29. The van der Waals surface area contributed by atoms with Gasteiger partial charge in [-0.3, -0.25) is 20.0 Å². The van der Waals surface area contributed by atoms with Crippen LogP contribution in [0.1, 0.15) is 38.8 Å². The summed E-state index contributed by atoms with van der Waals surface area (Å²) >= 11 is 0. The third-order valence-electron chi connectivity index (χ3n) is 7.63. The SMILES string of the molecule is CCOC(OCC)[C@H](C)N(Cc1cccc2cccnc12)C(=O)[C@H](C)NC(=O)CN(C)NC(=O)NCc1cccc2ccccc12. The summed E-state index contributed by atoms with van der Waals surface area (Å²) in [7, 11) is 1.58. The molecule has 11 nitrogen and oxygen atoms in total. The number of fused-ring (bicyclic) bond motifs is 2. The van der Waals surface area contributed by atoms with Crippen molar-refractivity contribution < 1.29 is 23.9 Å². The number of hydrogen-bond donors (Lipinski definition) is 3. The van der Waals surface area contributed by atoms with Crippen LogP contribution >= 0.6 is 0 Å². The van der Waals surface area contributed by atoms with Crippen molar-refractivity contribution in [3.05, 3.63) is 90.1 Å². The highest BCUT2D eigenvalue weighted by Gasteiger charge is 2.32. The molecule has 244 valence electrons. The quantitative estimate of drug-likeness (QED) is 0.132. The molecule has 1 heterocycles. The van der Waals surface area contributed by atoms with E-state index in [0.29, 0.717) is 19.8 Å². The number of hydrazine groups is 1. The summed E-state index contributed by atoms with van der Waals surface area (Å²) in [6.07, 6.45) is 1.06. The number of pyridine rings is 1. The van der Waals surface area contributed by atoms with Gasteiger partial charge in [0, 0.05) is 44.9 Å². The second kappa shape index (κ2) is 16.6. The molecule has 4 aromatic rings. The molecule has 46 heavy (non-hydrogen) atoms. The molecule has 0 spiro atoms. The van der Waals surface area contributed by atoms with E-state index in [9.17, 15) is 14.4 Å². The number of aromatic nitrogens is 1. The van der Waals surface area contributed by atoms with Crippen LogP contribution in [-0.4, -0.2) is 77.9 Å². The molecule has 0 saturated heterocycles. The van der Waals surface area contributed by atoms with E-state index in [1.807, 2.05) is 93.6 Å². The van der Waals surface area contributed by atoms with Gasteiger partial charge in [-0.25, -0.2) is 9.80 Å². The van der Waals surface area contributed by atoms with E-state index >= 15 is 0 Å². The molecule has 2 atom stereocenters. The van der Waals surface area contributed by atoms with E-state index < -0.39 is 30.3 Å². The predicted molar refractivity (Wildman–Crippen MR) is 178 cm³/mol. The number of nitrogens with one attached hydrogen (secondary N) is 3. The van der Waals surface area contributed by atoms with Gasteiger partial charge in [0.05, 0.1) is 18.1 Å². The lowest BCUT2D eigenvalue weighted by molar-refractivity contribution is -0.179. The molecule has 0 bridgehead atoms. The number of amides is 4. The Bertz CT molecular complexity index is 1620. The summed E-state index contributed by atoms with van der Waals surface area (Å²) in [6.45, 7) is 8.48. The first kappa shape index (κ1) is 34.3. The van der Waals surface area contributed by atoms with Gasteiger partial charge in [-0.15, -0.1) is 0 Å². The number of urea groups is 1. The van der Waals surface area contributed by atoms with E-state index in [1.165, 1.54) is 5.01 Å². The highest BCUT2D eigenvalue weighted by molar-refractivity contribution is 5.89. The van der Waals surface area contributed by atoms with Gasteiger partial charge < -0.3 is 25.0 Å². The lowest BCUT2D eigenvalue weighted by Crippen LogP contribution is -2.55. The first-order chi connectivity index (χ1) is 22.2.